The summed E-state index contributed by atoms with van der Waals surface area (Å²) < 4.78 is 11.5. The van der Waals surface area contributed by atoms with Gasteiger partial charge in [-0.05, 0) is 24.3 Å². The van der Waals surface area contributed by atoms with Crippen molar-refractivity contribution in [1.82, 2.24) is 0 Å². The molecular weight excluding hydrogens is 330 g/mol. The fourth-order valence-electron chi connectivity index (χ4n) is 2.38. The lowest BCUT2D eigenvalue weighted by Crippen LogP contribution is -2.32. The van der Waals surface area contributed by atoms with Crippen LogP contribution in [-0.2, 0) is 10.3 Å². The second-order valence-corrected chi connectivity index (χ2v) is 5.51. The number of methoxy groups -OCH3 is 1. The van der Waals surface area contributed by atoms with Crippen molar-refractivity contribution in [2.24, 2.45) is 4.99 Å². The standard InChI is InChI=1S/C17H16BrNO2/c1-20-15-9-5-8-14(10-15)17(11-18)12-19-16(21-17)13-6-3-2-4-7-13/h2-10H,11-12H2,1H3/t17-/m0/s1. The Morgan fingerprint density at radius 3 is 2.71 bits per heavy atom. The monoisotopic (exact) mass is 345 g/mol. The van der Waals surface area contributed by atoms with Gasteiger partial charge in [-0.25, -0.2) is 4.99 Å². The lowest BCUT2D eigenvalue weighted by Gasteiger charge is -2.27. The molecule has 0 aliphatic carbocycles. The molecule has 1 aliphatic heterocycles. The van der Waals surface area contributed by atoms with Crippen molar-refractivity contribution in [3.63, 3.8) is 0 Å². The van der Waals surface area contributed by atoms with E-state index in [9.17, 15) is 0 Å². The summed E-state index contributed by atoms with van der Waals surface area (Å²) in [7, 11) is 1.67. The van der Waals surface area contributed by atoms with Gasteiger partial charge in [0.05, 0.1) is 13.7 Å². The summed E-state index contributed by atoms with van der Waals surface area (Å²) in [5.41, 5.74) is 1.59. The van der Waals surface area contributed by atoms with Gasteiger partial charge < -0.3 is 9.47 Å². The zero-order chi connectivity index (χ0) is 14.7. The van der Waals surface area contributed by atoms with E-state index in [1.807, 2.05) is 54.6 Å². The number of nitrogens with zero attached hydrogens (tertiary/aromatic N) is 1. The topological polar surface area (TPSA) is 30.8 Å². The van der Waals surface area contributed by atoms with Crippen molar-refractivity contribution < 1.29 is 9.47 Å². The van der Waals surface area contributed by atoms with E-state index in [1.165, 1.54) is 0 Å². The quantitative estimate of drug-likeness (QED) is 0.790. The van der Waals surface area contributed by atoms with Gasteiger partial charge in [-0.1, -0.05) is 46.3 Å². The predicted molar refractivity (Wildman–Crippen MR) is 87.4 cm³/mol. The molecule has 21 heavy (non-hydrogen) atoms. The highest BCUT2D eigenvalue weighted by Crippen LogP contribution is 2.35. The third kappa shape index (κ3) is 2.68. The van der Waals surface area contributed by atoms with Gasteiger partial charge in [0.1, 0.15) is 5.75 Å². The molecule has 2 aromatic rings. The maximum atomic E-state index is 6.22. The van der Waals surface area contributed by atoms with E-state index in [2.05, 4.69) is 20.9 Å². The Morgan fingerprint density at radius 1 is 1.19 bits per heavy atom. The molecule has 0 radical (unpaired) electrons. The summed E-state index contributed by atoms with van der Waals surface area (Å²) in [6, 6.07) is 17.9. The third-order valence-electron chi connectivity index (χ3n) is 3.60. The van der Waals surface area contributed by atoms with Crippen LogP contribution in [0.2, 0.25) is 0 Å². The average Bonchev–Trinajstić information content (AvgIpc) is 3.02. The van der Waals surface area contributed by atoms with Gasteiger partial charge in [-0.2, -0.15) is 0 Å². The number of halogens is 1. The number of rotatable bonds is 4. The van der Waals surface area contributed by atoms with Crippen molar-refractivity contribution in [3.8, 4) is 5.75 Å². The molecule has 0 aromatic heterocycles. The first-order valence-electron chi connectivity index (χ1n) is 6.77. The second kappa shape index (κ2) is 5.90. The van der Waals surface area contributed by atoms with Crippen LogP contribution in [0.15, 0.2) is 59.6 Å². The summed E-state index contributed by atoms with van der Waals surface area (Å²) in [5.74, 6) is 1.52. The number of benzene rings is 2. The lowest BCUT2D eigenvalue weighted by molar-refractivity contribution is 0.115. The molecule has 1 aliphatic rings. The van der Waals surface area contributed by atoms with E-state index >= 15 is 0 Å². The van der Waals surface area contributed by atoms with Gasteiger partial charge in [0, 0.05) is 16.5 Å². The molecule has 0 saturated heterocycles. The normalized spacial score (nSPS) is 20.8. The van der Waals surface area contributed by atoms with Crippen LogP contribution in [0.4, 0.5) is 0 Å². The van der Waals surface area contributed by atoms with Crippen LogP contribution in [0.3, 0.4) is 0 Å². The molecule has 108 valence electrons. The fraction of sp³-hybridized carbons (Fsp3) is 0.235. The molecule has 0 unspecified atom stereocenters. The van der Waals surface area contributed by atoms with E-state index in [0.29, 0.717) is 17.8 Å². The molecule has 3 nitrogen and oxygen atoms in total. The molecule has 3 rings (SSSR count). The van der Waals surface area contributed by atoms with Gasteiger partial charge in [-0.15, -0.1) is 0 Å². The Labute approximate surface area is 132 Å². The van der Waals surface area contributed by atoms with E-state index in [0.717, 1.165) is 16.9 Å². The van der Waals surface area contributed by atoms with Crippen LogP contribution in [0.25, 0.3) is 0 Å². The SMILES string of the molecule is COc1cccc([C@]2(CBr)CN=C(c3ccccc3)O2)c1. The van der Waals surface area contributed by atoms with Crippen LogP contribution in [0.5, 0.6) is 5.75 Å². The van der Waals surface area contributed by atoms with Crippen molar-refractivity contribution in [3.05, 3.63) is 65.7 Å². The van der Waals surface area contributed by atoms with Crippen LogP contribution in [0, 0.1) is 0 Å². The molecule has 0 saturated carbocycles. The van der Waals surface area contributed by atoms with Crippen molar-refractivity contribution in [2.75, 3.05) is 19.0 Å². The number of aliphatic imine (C=N–C) groups is 1. The molecule has 0 fully saturated rings. The Balaban J connectivity index is 1.90. The molecule has 0 amide bonds. The minimum Gasteiger partial charge on any atom is -0.497 e. The highest BCUT2D eigenvalue weighted by Gasteiger charge is 2.39. The van der Waals surface area contributed by atoms with E-state index < -0.39 is 5.60 Å². The summed E-state index contributed by atoms with van der Waals surface area (Å²) in [6.45, 7) is 0.593. The minimum absolute atomic E-state index is 0.473. The summed E-state index contributed by atoms with van der Waals surface area (Å²) in [4.78, 5) is 4.59. The fourth-order valence-corrected chi connectivity index (χ4v) is 3.00. The number of hydrogen-bond acceptors (Lipinski definition) is 3. The Kier molecular flexibility index (Phi) is 3.97. The van der Waals surface area contributed by atoms with Crippen molar-refractivity contribution >= 4 is 21.8 Å². The zero-order valence-corrected chi connectivity index (χ0v) is 13.3. The second-order valence-electron chi connectivity index (χ2n) is 4.95. The number of ether oxygens (including phenoxy) is 2. The van der Waals surface area contributed by atoms with Crippen LogP contribution >= 0.6 is 15.9 Å². The zero-order valence-electron chi connectivity index (χ0n) is 11.8. The van der Waals surface area contributed by atoms with E-state index in [1.54, 1.807) is 7.11 Å². The molecule has 2 aromatic carbocycles. The molecule has 0 N–H and O–H groups in total. The van der Waals surface area contributed by atoms with Gasteiger partial charge in [-0.3, -0.25) is 0 Å². The van der Waals surface area contributed by atoms with Crippen molar-refractivity contribution in [2.45, 2.75) is 5.60 Å². The largest absolute Gasteiger partial charge is 0.497 e. The highest BCUT2D eigenvalue weighted by molar-refractivity contribution is 9.09. The molecular formula is C17H16BrNO2. The predicted octanol–water partition coefficient (Wildman–Crippen LogP) is 3.76. The first-order chi connectivity index (χ1) is 10.3. The first-order valence-corrected chi connectivity index (χ1v) is 7.89. The Hall–Kier alpha value is -1.81. The summed E-state index contributed by atoms with van der Waals surface area (Å²) >= 11 is 3.58. The van der Waals surface area contributed by atoms with E-state index in [4.69, 9.17) is 9.47 Å². The molecule has 0 spiro atoms. The van der Waals surface area contributed by atoms with Gasteiger partial charge in [0.2, 0.25) is 5.90 Å². The summed E-state index contributed by atoms with van der Waals surface area (Å²) in [6.07, 6.45) is 0. The van der Waals surface area contributed by atoms with Crippen molar-refractivity contribution in [1.29, 1.82) is 0 Å². The molecule has 4 heteroatoms. The molecule has 0 bridgehead atoms. The van der Waals surface area contributed by atoms with Crippen LogP contribution in [-0.4, -0.2) is 24.9 Å². The van der Waals surface area contributed by atoms with Gasteiger partial charge in [0.15, 0.2) is 5.60 Å². The average molecular weight is 346 g/mol. The van der Waals surface area contributed by atoms with Crippen LogP contribution in [0.1, 0.15) is 11.1 Å². The smallest absolute Gasteiger partial charge is 0.217 e. The number of hydrogen-bond donors (Lipinski definition) is 0. The third-order valence-corrected chi connectivity index (χ3v) is 4.51. The maximum Gasteiger partial charge on any atom is 0.217 e. The lowest BCUT2D eigenvalue weighted by atomic mass is 9.96. The number of alkyl halides is 1. The molecule has 1 atom stereocenters. The van der Waals surface area contributed by atoms with E-state index in [-0.39, 0.29) is 0 Å². The maximum absolute atomic E-state index is 6.22. The Morgan fingerprint density at radius 2 is 2.00 bits per heavy atom. The van der Waals surface area contributed by atoms with Gasteiger partial charge in [0.25, 0.3) is 0 Å². The Bertz CT molecular complexity index is 657. The summed E-state index contributed by atoms with van der Waals surface area (Å²) in [5, 5.41) is 0.674. The molecule has 1 heterocycles. The van der Waals surface area contributed by atoms with Gasteiger partial charge >= 0.3 is 0 Å². The van der Waals surface area contributed by atoms with Crippen LogP contribution < -0.4 is 4.74 Å². The highest BCUT2D eigenvalue weighted by atomic mass is 79.9. The first kappa shape index (κ1) is 14.1. The minimum atomic E-state index is -0.473.